The van der Waals surface area contributed by atoms with Crippen molar-refractivity contribution < 1.29 is 18.8 Å². The normalized spacial score (nSPS) is 10.6. The van der Waals surface area contributed by atoms with E-state index in [-0.39, 0.29) is 12.3 Å². The third-order valence-electron chi connectivity index (χ3n) is 3.67. The Kier molecular flexibility index (Phi) is 6.86. The molecular weight excluding hydrogens is 320 g/mol. The van der Waals surface area contributed by atoms with Gasteiger partial charge in [-0.3, -0.25) is 4.79 Å². The molecule has 0 aliphatic rings. The van der Waals surface area contributed by atoms with Gasteiger partial charge in [-0.25, -0.2) is 0 Å². The zero-order valence-corrected chi connectivity index (χ0v) is 15.3. The highest BCUT2D eigenvalue weighted by Crippen LogP contribution is 2.31. The van der Waals surface area contributed by atoms with Gasteiger partial charge in [-0.2, -0.15) is 0 Å². The number of hydrogen-bond acceptors (Lipinski definition) is 5. The zero-order valence-electron chi connectivity index (χ0n) is 15.3. The van der Waals surface area contributed by atoms with Crippen molar-refractivity contribution in [1.29, 1.82) is 0 Å². The van der Waals surface area contributed by atoms with Crippen molar-refractivity contribution in [2.75, 3.05) is 18.5 Å². The summed E-state index contributed by atoms with van der Waals surface area (Å²) in [5.41, 5.74) is 2.23. The first-order chi connectivity index (χ1) is 12.0. The van der Waals surface area contributed by atoms with Crippen molar-refractivity contribution in [3.8, 4) is 11.5 Å². The zero-order chi connectivity index (χ0) is 18.2. The van der Waals surface area contributed by atoms with E-state index in [1.807, 2.05) is 26.0 Å². The Balaban J connectivity index is 2.08. The summed E-state index contributed by atoms with van der Waals surface area (Å²) in [6, 6.07) is 5.44. The molecule has 1 aromatic carbocycles. The van der Waals surface area contributed by atoms with Crippen LogP contribution in [0.4, 0.5) is 5.69 Å². The van der Waals surface area contributed by atoms with E-state index in [0.29, 0.717) is 36.2 Å². The molecule has 0 unspecified atom stereocenters. The van der Waals surface area contributed by atoms with E-state index in [1.54, 1.807) is 13.0 Å². The second kappa shape index (κ2) is 9.11. The molecule has 2 rings (SSSR count). The molecule has 0 saturated carbocycles. The second-order valence-electron chi connectivity index (χ2n) is 5.89. The standard InChI is InChI=1S/C19H26N2O4/c1-5-9-23-17-8-7-15(11-18(17)24-10-6-2)20-19(22)12-16-13(3)21-25-14(16)4/h7-8,11H,5-6,9-10,12H2,1-4H3,(H,20,22). The summed E-state index contributed by atoms with van der Waals surface area (Å²) in [5.74, 6) is 1.88. The third kappa shape index (κ3) is 5.24. The van der Waals surface area contributed by atoms with Crippen LogP contribution in [0, 0.1) is 13.8 Å². The molecule has 1 heterocycles. The van der Waals surface area contributed by atoms with Gasteiger partial charge in [-0.15, -0.1) is 0 Å². The minimum atomic E-state index is -0.127. The van der Waals surface area contributed by atoms with E-state index < -0.39 is 0 Å². The van der Waals surface area contributed by atoms with Crippen LogP contribution in [-0.4, -0.2) is 24.3 Å². The van der Waals surface area contributed by atoms with Crippen LogP contribution in [-0.2, 0) is 11.2 Å². The number of nitrogens with one attached hydrogen (secondary N) is 1. The molecule has 1 N–H and O–H groups in total. The van der Waals surface area contributed by atoms with Crippen molar-refractivity contribution in [3.05, 3.63) is 35.2 Å². The predicted molar refractivity (Wildman–Crippen MR) is 96.3 cm³/mol. The number of amides is 1. The van der Waals surface area contributed by atoms with Crippen molar-refractivity contribution in [2.24, 2.45) is 0 Å². The average molecular weight is 346 g/mol. The number of nitrogens with zero attached hydrogens (tertiary/aromatic N) is 1. The Morgan fingerprint density at radius 1 is 1.12 bits per heavy atom. The number of hydrogen-bond donors (Lipinski definition) is 1. The number of anilines is 1. The van der Waals surface area contributed by atoms with Crippen LogP contribution in [0.2, 0.25) is 0 Å². The molecule has 1 amide bonds. The highest BCUT2D eigenvalue weighted by molar-refractivity contribution is 5.92. The molecule has 1 aromatic heterocycles. The van der Waals surface area contributed by atoms with Crippen LogP contribution < -0.4 is 14.8 Å². The molecule has 0 aliphatic heterocycles. The fraction of sp³-hybridized carbons (Fsp3) is 0.474. The van der Waals surface area contributed by atoms with Crippen molar-refractivity contribution in [1.82, 2.24) is 5.16 Å². The van der Waals surface area contributed by atoms with Gasteiger partial charge in [-0.05, 0) is 38.8 Å². The maximum Gasteiger partial charge on any atom is 0.229 e. The quantitative estimate of drug-likeness (QED) is 0.741. The Bertz CT molecular complexity index is 690. The van der Waals surface area contributed by atoms with Crippen molar-refractivity contribution in [2.45, 2.75) is 47.0 Å². The molecule has 0 aliphatic carbocycles. The first-order valence-corrected chi connectivity index (χ1v) is 8.66. The van der Waals surface area contributed by atoms with Crippen molar-refractivity contribution >= 4 is 11.6 Å². The monoisotopic (exact) mass is 346 g/mol. The van der Waals surface area contributed by atoms with Gasteiger partial charge in [0.05, 0.1) is 25.3 Å². The Labute approximate surface area is 148 Å². The Morgan fingerprint density at radius 2 is 1.80 bits per heavy atom. The summed E-state index contributed by atoms with van der Waals surface area (Å²) in [5, 5.41) is 6.76. The van der Waals surface area contributed by atoms with Crippen LogP contribution in [0.25, 0.3) is 0 Å². The number of aryl methyl sites for hydroxylation is 2. The third-order valence-corrected chi connectivity index (χ3v) is 3.67. The van der Waals surface area contributed by atoms with Gasteiger partial charge in [-0.1, -0.05) is 19.0 Å². The molecule has 0 fully saturated rings. The van der Waals surface area contributed by atoms with Gasteiger partial charge in [0, 0.05) is 17.3 Å². The number of rotatable bonds is 9. The number of carbonyl (C=O) groups is 1. The second-order valence-corrected chi connectivity index (χ2v) is 5.89. The molecule has 0 spiro atoms. The molecule has 0 atom stereocenters. The molecule has 6 heteroatoms. The lowest BCUT2D eigenvalue weighted by atomic mass is 10.1. The molecule has 136 valence electrons. The largest absolute Gasteiger partial charge is 0.490 e. The van der Waals surface area contributed by atoms with E-state index in [0.717, 1.165) is 24.1 Å². The summed E-state index contributed by atoms with van der Waals surface area (Å²) >= 11 is 0. The maximum absolute atomic E-state index is 12.3. The number of carbonyl (C=O) groups excluding carboxylic acids is 1. The molecule has 0 radical (unpaired) electrons. The van der Waals surface area contributed by atoms with Crippen LogP contribution in [0.5, 0.6) is 11.5 Å². The summed E-state index contributed by atoms with van der Waals surface area (Å²) in [6.07, 6.45) is 2.04. The van der Waals surface area contributed by atoms with Gasteiger partial charge >= 0.3 is 0 Å². The maximum atomic E-state index is 12.3. The van der Waals surface area contributed by atoms with Crippen molar-refractivity contribution in [3.63, 3.8) is 0 Å². The minimum Gasteiger partial charge on any atom is -0.490 e. The molecule has 0 bridgehead atoms. The van der Waals surface area contributed by atoms with Gasteiger partial charge in [0.25, 0.3) is 0 Å². The lowest BCUT2D eigenvalue weighted by Gasteiger charge is -2.14. The summed E-state index contributed by atoms with van der Waals surface area (Å²) < 4.78 is 16.5. The van der Waals surface area contributed by atoms with E-state index in [1.165, 1.54) is 0 Å². The molecular formula is C19H26N2O4. The molecule has 0 saturated heterocycles. The highest BCUT2D eigenvalue weighted by Gasteiger charge is 2.14. The molecule has 25 heavy (non-hydrogen) atoms. The summed E-state index contributed by atoms with van der Waals surface area (Å²) in [6.45, 7) is 8.95. The fourth-order valence-corrected chi connectivity index (χ4v) is 2.36. The summed E-state index contributed by atoms with van der Waals surface area (Å²) in [4.78, 5) is 12.3. The van der Waals surface area contributed by atoms with E-state index in [4.69, 9.17) is 14.0 Å². The lowest BCUT2D eigenvalue weighted by molar-refractivity contribution is -0.115. The number of ether oxygens (including phenoxy) is 2. The minimum absolute atomic E-state index is 0.127. The molecule has 2 aromatic rings. The smallest absolute Gasteiger partial charge is 0.229 e. The van der Waals surface area contributed by atoms with Crippen LogP contribution in [0.3, 0.4) is 0 Å². The molecule has 6 nitrogen and oxygen atoms in total. The van der Waals surface area contributed by atoms with Gasteiger partial charge in [0.1, 0.15) is 5.76 Å². The van der Waals surface area contributed by atoms with Crippen LogP contribution in [0.1, 0.15) is 43.7 Å². The Hall–Kier alpha value is -2.50. The van der Waals surface area contributed by atoms with E-state index >= 15 is 0 Å². The van der Waals surface area contributed by atoms with Crippen LogP contribution in [0.15, 0.2) is 22.7 Å². The fourth-order valence-electron chi connectivity index (χ4n) is 2.36. The number of aromatic nitrogens is 1. The van der Waals surface area contributed by atoms with E-state index in [2.05, 4.69) is 17.4 Å². The topological polar surface area (TPSA) is 73.6 Å². The van der Waals surface area contributed by atoms with Gasteiger partial charge in [0.2, 0.25) is 5.91 Å². The van der Waals surface area contributed by atoms with Gasteiger partial charge < -0.3 is 19.3 Å². The van der Waals surface area contributed by atoms with Crippen LogP contribution >= 0.6 is 0 Å². The SMILES string of the molecule is CCCOc1ccc(NC(=O)Cc2c(C)noc2C)cc1OCCC. The average Bonchev–Trinajstić information content (AvgIpc) is 2.91. The first kappa shape index (κ1) is 18.8. The lowest BCUT2D eigenvalue weighted by Crippen LogP contribution is -2.15. The Morgan fingerprint density at radius 3 is 2.40 bits per heavy atom. The van der Waals surface area contributed by atoms with E-state index in [9.17, 15) is 4.79 Å². The number of benzene rings is 1. The highest BCUT2D eigenvalue weighted by atomic mass is 16.5. The summed E-state index contributed by atoms with van der Waals surface area (Å²) in [7, 11) is 0. The first-order valence-electron chi connectivity index (χ1n) is 8.66. The van der Waals surface area contributed by atoms with Gasteiger partial charge in [0.15, 0.2) is 11.5 Å². The predicted octanol–water partition coefficient (Wildman–Crippen LogP) is 4.05.